The molecule has 0 spiro atoms. The molecule has 25 heavy (non-hydrogen) atoms. The summed E-state index contributed by atoms with van der Waals surface area (Å²) in [6, 6.07) is 10.5. The Morgan fingerprint density at radius 2 is 2.00 bits per heavy atom. The number of aromatic nitrogens is 1. The number of anilines is 1. The summed E-state index contributed by atoms with van der Waals surface area (Å²) in [5.74, 6) is 0.710. The molecule has 0 aliphatic carbocycles. The molecular weight excluding hydrogens is 388 g/mol. The first kappa shape index (κ1) is 17.3. The summed E-state index contributed by atoms with van der Waals surface area (Å²) in [5, 5.41) is 10.7. The van der Waals surface area contributed by atoms with Crippen molar-refractivity contribution >= 4 is 33.3 Å². The zero-order valence-electron chi connectivity index (χ0n) is 13.5. The molecule has 1 aromatic heterocycles. The van der Waals surface area contributed by atoms with Crippen LogP contribution in [0.2, 0.25) is 0 Å². The summed E-state index contributed by atoms with van der Waals surface area (Å²) in [6.45, 7) is 2.66. The predicted octanol–water partition coefficient (Wildman–Crippen LogP) is 3.10. The van der Waals surface area contributed by atoms with E-state index < -0.39 is 4.92 Å². The quantitative estimate of drug-likeness (QED) is 0.579. The number of carbonyl (C=O) groups is 1. The third kappa shape index (κ3) is 4.14. The number of carbonyl (C=O) groups excluding carboxylic acids is 1. The molecule has 0 saturated carbocycles. The first-order chi connectivity index (χ1) is 12.0. The maximum absolute atomic E-state index is 12.7. The maximum Gasteiger partial charge on any atom is 0.287 e. The highest BCUT2D eigenvalue weighted by Gasteiger charge is 2.21. The van der Waals surface area contributed by atoms with Crippen molar-refractivity contribution in [3.05, 3.63) is 62.7 Å². The average Bonchev–Trinajstić information content (AvgIpc) is 2.87. The highest BCUT2D eigenvalue weighted by Crippen LogP contribution is 2.19. The zero-order valence-corrected chi connectivity index (χ0v) is 15.1. The fourth-order valence-electron chi connectivity index (χ4n) is 2.83. The lowest BCUT2D eigenvalue weighted by Crippen LogP contribution is -2.35. The number of halogens is 1. The Kier molecular flexibility index (Phi) is 5.28. The van der Waals surface area contributed by atoms with E-state index in [1.807, 2.05) is 29.2 Å². The van der Waals surface area contributed by atoms with Crippen LogP contribution in [0.5, 0.6) is 0 Å². The van der Waals surface area contributed by atoms with Gasteiger partial charge in [0.05, 0.1) is 4.92 Å². The van der Waals surface area contributed by atoms with Gasteiger partial charge in [0.25, 0.3) is 11.6 Å². The summed E-state index contributed by atoms with van der Waals surface area (Å²) in [7, 11) is 0. The van der Waals surface area contributed by atoms with Gasteiger partial charge < -0.3 is 9.80 Å². The van der Waals surface area contributed by atoms with Gasteiger partial charge in [-0.25, -0.2) is 4.98 Å². The van der Waals surface area contributed by atoms with E-state index >= 15 is 0 Å². The van der Waals surface area contributed by atoms with E-state index in [4.69, 9.17) is 0 Å². The van der Waals surface area contributed by atoms with E-state index in [2.05, 4.69) is 25.8 Å². The van der Waals surface area contributed by atoms with E-state index in [1.54, 1.807) is 6.07 Å². The second-order valence-corrected chi connectivity index (χ2v) is 6.69. The second-order valence-electron chi connectivity index (χ2n) is 5.77. The molecule has 1 saturated heterocycles. The van der Waals surface area contributed by atoms with Crippen molar-refractivity contribution in [2.45, 2.75) is 6.42 Å². The number of nitro groups is 1. The molecule has 0 N–H and O–H groups in total. The van der Waals surface area contributed by atoms with Crippen LogP contribution in [0.4, 0.5) is 11.5 Å². The predicted molar refractivity (Wildman–Crippen MR) is 97.8 cm³/mol. The largest absolute Gasteiger partial charge is 0.355 e. The van der Waals surface area contributed by atoms with Crippen LogP contribution >= 0.6 is 15.9 Å². The molecule has 1 aliphatic rings. The molecule has 130 valence electrons. The number of amides is 1. The molecule has 0 unspecified atom stereocenters. The molecule has 3 rings (SSSR count). The van der Waals surface area contributed by atoms with Crippen LogP contribution in [0.25, 0.3) is 0 Å². The molecule has 0 radical (unpaired) electrons. The molecule has 1 aliphatic heterocycles. The number of hydrogen-bond acceptors (Lipinski definition) is 5. The molecule has 0 bridgehead atoms. The molecule has 8 heteroatoms. The van der Waals surface area contributed by atoms with Gasteiger partial charge in [0.15, 0.2) is 0 Å². The number of nitrogens with zero attached hydrogens (tertiary/aromatic N) is 4. The Morgan fingerprint density at radius 3 is 2.68 bits per heavy atom. The van der Waals surface area contributed by atoms with Gasteiger partial charge in [-0.3, -0.25) is 14.9 Å². The van der Waals surface area contributed by atoms with Gasteiger partial charge in [-0.05, 0) is 30.7 Å². The summed E-state index contributed by atoms with van der Waals surface area (Å²) in [6.07, 6.45) is 2.09. The minimum Gasteiger partial charge on any atom is -0.355 e. The Labute approximate surface area is 153 Å². The van der Waals surface area contributed by atoms with Crippen molar-refractivity contribution in [3.63, 3.8) is 0 Å². The minimum absolute atomic E-state index is 0.0137. The highest BCUT2D eigenvalue weighted by molar-refractivity contribution is 9.10. The van der Waals surface area contributed by atoms with Crippen LogP contribution < -0.4 is 4.90 Å². The van der Waals surface area contributed by atoms with Crippen molar-refractivity contribution in [2.24, 2.45) is 0 Å². The smallest absolute Gasteiger partial charge is 0.287 e. The van der Waals surface area contributed by atoms with Crippen LogP contribution in [0.3, 0.4) is 0 Å². The SMILES string of the molecule is O=C(c1cccc(Br)c1)N1CCCN(c2ccc([N+](=O)[O-])cn2)CC1. The topological polar surface area (TPSA) is 79.6 Å². The summed E-state index contributed by atoms with van der Waals surface area (Å²) in [5.41, 5.74) is 0.640. The van der Waals surface area contributed by atoms with Crippen molar-refractivity contribution < 1.29 is 9.72 Å². The van der Waals surface area contributed by atoms with Gasteiger partial charge in [0.1, 0.15) is 12.0 Å². The lowest BCUT2D eigenvalue weighted by atomic mass is 10.2. The molecule has 2 aromatic rings. The molecular formula is C17H17BrN4O3. The number of rotatable bonds is 3. The van der Waals surface area contributed by atoms with E-state index in [0.717, 1.165) is 17.4 Å². The first-order valence-electron chi connectivity index (χ1n) is 7.95. The second kappa shape index (κ2) is 7.60. The average molecular weight is 405 g/mol. The van der Waals surface area contributed by atoms with Gasteiger partial charge in [-0.15, -0.1) is 0 Å². The summed E-state index contributed by atoms with van der Waals surface area (Å²) < 4.78 is 0.880. The van der Waals surface area contributed by atoms with Crippen LogP contribution in [-0.2, 0) is 0 Å². The Morgan fingerprint density at radius 1 is 1.16 bits per heavy atom. The Bertz CT molecular complexity index is 782. The molecule has 1 aromatic carbocycles. The van der Waals surface area contributed by atoms with Crippen molar-refractivity contribution in [1.82, 2.24) is 9.88 Å². The highest BCUT2D eigenvalue weighted by atomic mass is 79.9. The fraction of sp³-hybridized carbons (Fsp3) is 0.294. The molecule has 2 heterocycles. The standard InChI is InChI=1S/C17H17BrN4O3/c18-14-4-1-3-13(11-14)17(23)21-8-2-7-20(9-10-21)16-6-5-15(12-19-16)22(24)25/h1,3-6,11-12H,2,7-10H2. The molecule has 0 atom stereocenters. The normalized spacial score (nSPS) is 14.9. The van der Waals surface area contributed by atoms with Gasteiger partial charge in [0.2, 0.25) is 0 Å². The van der Waals surface area contributed by atoms with Gasteiger partial charge in [-0.2, -0.15) is 0 Å². The molecule has 1 amide bonds. The Hall–Kier alpha value is -2.48. The Balaban J connectivity index is 1.67. The third-order valence-corrected chi connectivity index (χ3v) is 4.62. The van der Waals surface area contributed by atoms with Crippen LogP contribution in [0.1, 0.15) is 16.8 Å². The van der Waals surface area contributed by atoms with Gasteiger partial charge in [-0.1, -0.05) is 22.0 Å². The monoisotopic (exact) mass is 404 g/mol. The van der Waals surface area contributed by atoms with Crippen molar-refractivity contribution in [2.75, 3.05) is 31.1 Å². The molecule has 7 nitrogen and oxygen atoms in total. The van der Waals surface area contributed by atoms with Crippen molar-refractivity contribution in [3.8, 4) is 0 Å². The lowest BCUT2D eigenvalue weighted by molar-refractivity contribution is -0.385. The lowest BCUT2D eigenvalue weighted by Gasteiger charge is -2.22. The van der Waals surface area contributed by atoms with E-state index in [0.29, 0.717) is 31.0 Å². The van der Waals surface area contributed by atoms with Crippen LogP contribution in [0, 0.1) is 10.1 Å². The van der Waals surface area contributed by atoms with Gasteiger partial charge in [0, 0.05) is 42.3 Å². The van der Waals surface area contributed by atoms with Crippen molar-refractivity contribution in [1.29, 1.82) is 0 Å². The summed E-state index contributed by atoms with van der Waals surface area (Å²) in [4.78, 5) is 31.0. The first-order valence-corrected chi connectivity index (χ1v) is 8.74. The number of pyridine rings is 1. The number of benzene rings is 1. The van der Waals surface area contributed by atoms with Crippen LogP contribution in [-0.4, -0.2) is 46.9 Å². The third-order valence-electron chi connectivity index (χ3n) is 4.12. The van der Waals surface area contributed by atoms with Crippen LogP contribution in [0.15, 0.2) is 47.1 Å². The fourth-order valence-corrected chi connectivity index (χ4v) is 3.23. The van der Waals surface area contributed by atoms with E-state index in [-0.39, 0.29) is 11.6 Å². The zero-order chi connectivity index (χ0) is 17.8. The minimum atomic E-state index is -0.461. The van der Waals surface area contributed by atoms with E-state index in [9.17, 15) is 14.9 Å². The van der Waals surface area contributed by atoms with Gasteiger partial charge >= 0.3 is 0 Å². The molecule has 1 fully saturated rings. The number of hydrogen-bond donors (Lipinski definition) is 0. The summed E-state index contributed by atoms with van der Waals surface area (Å²) >= 11 is 3.39. The maximum atomic E-state index is 12.7. The van der Waals surface area contributed by atoms with E-state index in [1.165, 1.54) is 12.3 Å².